The normalized spacial score (nSPS) is 29.2. The van der Waals surface area contributed by atoms with Crippen molar-refractivity contribution in [3.05, 3.63) is 0 Å². The van der Waals surface area contributed by atoms with Crippen LogP contribution in [0.5, 0.6) is 0 Å². The van der Waals surface area contributed by atoms with Crippen LogP contribution in [-0.4, -0.2) is 56.9 Å². The summed E-state index contributed by atoms with van der Waals surface area (Å²) >= 11 is 0. The van der Waals surface area contributed by atoms with Gasteiger partial charge in [-0.15, -0.1) is 0 Å². The van der Waals surface area contributed by atoms with Crippen molar-refractivity contribution in [1.29, 1.82) is 0 Å². The molecular weight excluding hydrogens is 230 g/mol. The highest BCUT2D eigenvalue weighted by Gasteiger charge is 2.24. The molecule has 5 heteroatoms. The predicted octanol–water partition coefficient (Wildman–Crippen LogP) is 0.806. The maximum atomic E-state index is 11.1. The first kappa shape index (κ1) is 13.6. The number of nitrogens with zero attached hydrogens (tertiary/aromatic N) is 1. The maximum Gasteiger partial charge on any atom is 0.407 e. The fraction of sp³-hybridized carbons (Fsp3) is 0.923. The second kappa shape index (κ2) is 6.95. The number of nitrogens with one attached hydrogen (secondary N) is 2. The summed E-state index contributed by atoms with van der Waals surface area (Å²) in [6, 6.07) is 0.266. The van der Waals surface area contributed by atoms with Gasteiger partial charge in [0, 0.05) is 19.1 Å². The molecule has 2 N–H and O–H groups in total. The van der Waals surface area contributed by atoms with E-state index in [1.54, 1.807) is 0 Å². The van der Waals surface area contributed by atoms with Crippen LogP contribution in [0.3, 0.4) is 0 Å². The Morgan fingerprint density at radius 2 is 2.39 bits per heavy atom. The van der Waals surface area contributed by atoms with Gasteiger partial charge >= 0.3 is 6.09 Å². The van der Waals surface area contributed by atoms with Crippen molar-refractivity contribution in [2.75, 3.05) is 39.8 Å². The fourth-order valence-electron chi connectivity index (χ4n) is 2.91. The molecule has 2 aliphatic rings. The van der Waals surface area contributed by atoms with Gasteiger partial charge in [-0.05, 0) is 51.2 Å². The molecule has 2 fully saturated rings. The highest BCUT2D eigenvalue weighted by Crippen LogP contribution is 2.17. The molecule has 5 nitrogen and oxygen atoms in total. The predicted molar refractivity (Wildman–Crippen MR) is 70.6 cm³/mol. The lowest BCUT2D eigenvalue weighted by Crippen LogP contribution is -2.37. The highest BCUT2D eigenvalue weighted by molar-refractivity contribution is 5.67. The molecule has 2 unspecified atom stereocenters. The fourth-order valence-corrected chi connectivity index (χ4v) is 2.91. The zero-order valence-electron chi connectivity index (χ0n) is 11.3. The van der Waals surface area contributed by atoms with Crippen molar-refractivity contribution < 1.29 is 9.53 Å². The van der Waals surface area contributed by atoms with E-state index in [0.717, 1.165) is 32.0 Å². The van der Waals surface area contributed by atoms with Gasteiger partial charge < -0.3 is 20.3 Å². The third-order valence-electron chi connectivity index (χ3n) is 4.03. The SMILES string of the molecule is COC(=O)NC1CCN(CCC2CCCNC2)C1. The summed E-state index contributed by atoms with van der Waals surface area (Å²) < 4.78 is 4.63. The Balaban J connectivity index is 1.61. The van der Waals surface area contributed by atoms with Gasteiger partial charge in [0.2, 0.25) is 0 Å². The molecule has 2 aliphatic heterocycles. The number of carbonyl (C=O) groups excluding carboxylic acids is 1. The average molecular weight is 255 g/mol. The molecule has 0 aliphatic carbocycles. The first-order valence-electron chi connectivity index (χ1n) is 7.05. The van der Waals surface area contributed by atoms with E-state index in [0.29, 0.717) is 0 Å². The Morgan fingerprint density at radius 3 is 3.11 bits per heavy atom. The summed E-state index contributed by atoms with van der Waals surface area (Å²) in [4.78, 5) is 13.6. The number of likely N-dealkylation sites (tertiary alicyclic amines) is 1. The van der Waals surface area contributed by atoms with Crippen LogP contribution < -0.4 is 10.6 Å². The maximum absolute atomic E-state index is 11.1. The van der Waals surface area contributed by atoms with Crippen molar-refractivity contribution in [3.8, 4) is 0 Å². The van der Waals surface area contributed by atoms with Crippen molar-refractivity contribution >= 4 is 6.09 Å². The van der Waals surface area contributed by atoms with Crippen LogP contribution in [0.25, 0.3) is 0 Å². The minimum absolute atomic E-state index is 0.266. The number of rotatable bonds is 4. The summed E-state index contributed by atoms with van der Waals surface area (Å²) in [5.74, 6) is 0.839. The lowest BCUT2D eigenvalue weighted by atomic mass is 9.96. The third kappa shape index (κ3) is 4.14. The number of carbonyl (C=O) groups is 1. The Hall–Kier alpha value is -0.810. The molecule has 104 valence electrons. The zero-order valence-corrected chi connectivity index (χ0v) is 11.3. The van der Waals surface area contributed by atoms with E-state index in [1.807, 2.05) is 0 Å². The van der Waals surface area contributed by atoms with Crippen molar-refractivity contribution in [2.24, 2.45) is 5.92 Å². The van der Waals surface area contributed by atoms with Gasteiger partial charge in [-0.3, -0.25) is 0 Å². The van der Waals surface area contributed by atoms with Gasteiger partial charge in [0.15, 0.2) is 0 Å². The van der Waals surface area contributed by atoms with Crippen LogP contribution >= 0.6 is 0 Å². The average Bonchev–Trinajstić information content (AvgIpc) is 2.85. The molecule has 1 amide bonds. The molecular formula is C13H25N3O2. The summed E-state index contributed by atoms with van der Waals surface area (Å²) in [7, 11) is 1.41. The summed E-state index contributed by atoms with van der Waals surface area (Å²) in [6.45, 7) is 5.58. The summed E-state index contributed by atoms with van der Waals surface area (Å²) in [5, 5.41) is 6.34. The first-order chi connectivity index (χ1) is 8.78. The van der Waals surface area contributed by atoms with Gasteiger partial charge in [-0.25, -0.2) is 4.79 Å². The Bertz CT molecular complexity index is 267. The quantitative estimate of drug-likeness (QED) is 0.780. The van der Waals surface area contributed by atoms with Crippen LogP contribution in [0.2, 0.25) is 0 Å². The van der Waals surface area contributed by atoms with Gasteiger partial charge in [-0.2, -0.15) is 0 Å². The van der Waals surface area contributed by atoms with E-state index in [1.165, 1.54) is 39.5 Å². The Morgan fingerprint density at radius 1 is 1.50 bits per heavy atom. The molecule has 0 spiro atoms. The second-order valence-electron chi connectivity index (χ2n) is 5.42. The van der Waals surface area contributed by atoms with Crippen LogP contribution in [0, 0.1) is 5.92 Å². The van der Waals surface area contributed by atoms with E-state index in [9.17, 15) is 4.79 Å². The molecule has 2 saturated heterocycles. The monoisotopic (exact) mass is 255 g/mol. The van der Waals surface area contributed by atoms with Crippen LogP contribution in [-0.2, 0) is 4.74 Å². The van der Waals surface area contributed by atoms with Crippen LogP contribution in [0.1, 0.15) is 25.7 Å². The van der Waals surface area contributed by atoms with Crippen LogP contribution in [0.15, 0.2) is 0 Å². The molecule has 2 rings (SSSR count). The largest absolute Gasteiger partial charge is 0.453 e. The summed E-state index contributed by atoms with van der Waals surface area (Å²) in [5.41, 5.74) is 0. The second-order valence-corrected chi connectivity index (χ2v) is 5.42. The minimum atomic E-state index is -0.307. The highest BCUT2D eigenvalue weighted by atomic mass is 16.5. The molecule has 18 heavy (non-hydrogen) atoms. The topological polar surface area (TPSA) is 53.6 Å². The standard InChI is InChI=1S/C13H25N3O2/c1-18-13(17)15-12-5-8-16(10-12)7-4-11-3-2-6-14-9-11/h11-12,14H,2-10H2,1H3,(H,15,17). The number of ether oxygens (including phenoxy) is 1. The number of amides is 1. The summed E-state index contributed by atoms with van der Waals surface area (Å²) in [6.07, 6.45) is 4.69. The number of alkyl carbamates (subject to hydrolysis) is 1. The number of piperidine rings is 1. The van der Waals surface area contributed by atoms with Gasteiger partial charge in [0.05, 0.1) is 7.11 Å². The van der Waals surface area contributed by atoms with E-state index in [4.69, 9.17) is 0 Å². The van der Waals surface area contributed by atoms with Gasteiger partial charge in [0.25, 0.3) is 0 Å². The van der Waals surface area contributed by atoms with E-state index in [2.05, 4.69) is 20.3 Å². The molecule has 0 radical (unpaired) electrons. The van der Waals surface area contributed by atoms with E-state index in [-0.39, 0.29) is 12.1 Å². The van der Waals surface area contributed by atoms with Gasteiger partial charge in [0.1, 0.15) is 0 Å². The van der Waals surface area contributed by atoms with Crippen molar-refractivity contribution in [1.82, 2.24) is 15.5 Å². The lowest BCUT2D eigenvalue weighted by Gasteiger charge is -2.25. The smallest absolute Gasteiger partial charge is 0.407 e. The number of hydrogen-bond donors (Lipinski definition) is 2. The molecule has 0 saturated carbocycles. The van der Waals surface area contributed by atoms with Crippen LogP contribution in [0.4, 0.5) is 4.79 Å². The number of hydrogen-bond acceptors (Lipinski definition) is 4. The molecule has 0 bridgehead atoms. The van der Waals surface area contributed by atoms with Gasteiger partial charge in [-0.1, -0.05) is 0 Å². The third-order valence-corrected chi connectivity index (χ3v) is 4.03. The molecule has 2 heterocycles. The molecule has 0 aromatic heterocycles. The molecule has 2 atom stereocenters. The number of methoxy groups -OCH3 is 1. The van der Waals surface area contributed by atoms with Crippen molar-refractivity contribution in [2.45, 2.75) is 31.7 Å². The Kier molecular flexibility index (Phi) is 5.26. The van der Waals surface area contributed by atoms with E-state index >= 15 is 0 Å². The first-order valence-corrected chi connectivity index (χ1v) is 7.05. The van der Waals surface area contributed by atoms with Crippen molar-refractivity contribution in [3.63, 3.8) is 0 Å². The van der Waals surface area contributed by atoms with E-state index < -0.39 is 0 Å². The molecule has 0 aromatic rings. The Labute approximate surface area is 109 Å². The lowest BCUT2D eigenvalue weighted by molar-refractivity contribution is 0.166. The zero-order chi connectivity index (χ0) is 12.8. The molecule has 0 aromatic carbocycles. The minimum Gasteiger partial charge on any atom is -0.453 e.